The highest BCUT2D eigenvalue weighted by atomic mass is 32.2. The minimum Gasteiger partial charge on any atom is -0.370 e. The topological polar surface area (TPSA) is 75.9 Å². The number of thioether (sulfide) groups is 1. The number of anilines is 2. The zero-order valence-electron chi connectivity index (χ0n) is 10.7. The van der Waals surface area contributed by atoms with Crippen molar-refractivity contribution in [3.8, 4) is 0 Å². The van der Waals surface area contributed by atoms with Crippen molar-refractivity contribution in [3.63, 3.8) is 0 Å². The molecule has 0 spiro atoms. The molecule has 0 aromatic carbocycles. The van der Waals surface area contributed by atoms with E-state index in [0.29, 0.717) is 5.82 Å². The lowest BCUT2D eigenvalue weighted by Crippen LogP contribution is -2.15. The van der Waals surface area contributed by atoms with Gasteiger partial charge in [0.15, 0.2) is 0 Å². The number of rotatable bonds is 7. The van der Waals surface area contributed by atoms with Gasteiger partial charge in [-0.25, -0.2) is 15.8 Å². The molecule has 1 heterocycles. The van der Waals surface area contributed by atoms with Gasteiger partial charge in [-0.2, -0.15) is 11.8 Å². The van der Waals surface area contributed by atoms with Gasteiger partial charge in [0.2, 0.25) is 0 Å². The van der Waals surface area contributed by atoms with Crippen LogP contribution >= 0.6 is 11.8 Å². The number of aromatic nitrogens is 2. The van der Waals surface area contributed by atoms with E-state index in [-0.39, 0.29) is 0 Å². The van der Waals surface area contributed by atoms with E-state index < -0.39 is 0 Å². The summed E-state index contributed by atoms with van der Waals surface area (Å²) >= 11 is 1.85. The fourth-order valence-corrected chi connectivity index (χ4v) is 1.89. The molecule has 0 bridgehead atoms. The molecule has 17 heavy (non-hydrogen) atoms. The molecule has 0 aliphatic rings. The number of nitrogens with one attached hydrogen (secondary N) is 2. The van der Waals surface area contributed by atoms with Gasteiger partial charge in [0.1, 0.15) is 17.5 Å². The van der Waals surface area contributed by atoms with E-state index in [1.807, 2.05) is 25.6 Å². The van der Waals surface area contributed by atoms with Crippen LogP contribution in [-0.4, -0.2) is 28.5 Å². The van der Waals surface area contributed by atoms with E-state index in [4.69, 9.17) is 5.84 Å². The second-order valence-corrected chi connectivity index (χ2v) is 4.72. The fraction of sp³-hybridized carbons (Fsp3) is 0.636. The largest absolute Gasteiger partial charge is 0.370 e. The number of nitrogens with zero attached hydrogens (tertiary/aromatic N) is 2. The van der Waals surface area contributed by atoms with Gasteiger partial charge in [-0.3, -0.25) is 0 Å². The maximum atomic E-state index is 5.45. The molecule has 0 unspecified atom stereocenters. The Hall–Kier alpha value is -1.01. The maximum absolute atomic E-state index is 5.45. The Morgan fingerprint density at radius 1 is 1.29 bits per heavy atom. The first kappa shape index (κ1) is 14.1. The Bertz CT molecular complexity index is 356. The van der Waals surface area contributed by atoms with Gasteiger partial charge in [-0.05, 0) is 25.4 Å². The number of hydrazine groups is 1. The van der Waals surface area contributed by atoms with Crippen molar-refractivity contribution >= 4 is 23.4 Å². The van der Waals surface area contributed by atoms with Gasteiger partial charge >= 0.3 is 0 Å². The summed E-state index contributed by atoms with van der Waals surface area (Å²) in [6.07, 6.45) is 4.04. The average molecular weight is 255 g/mol. The molecule has 0 aliphatic heterocycles. The molecule has 0 saturated carbocycles. The Labute approximate surface area is 107 Å². The number of hydrogen-bond donors (Lipinski definition) is 3. The highest BCUT2D eigenvalue weighted by Gasteiger charge is 2.08. The van der Waals surface area contributed by atoms with Crippen molar-refractivity contribution in [1.29, 1.82) is 0 Å². The minimum absolute atomic E-state index is 0.698. The molecule has 0 amide bonds. The Kier molecular flexibility index (Phi) is 6.07. The summed E-state index contributed by atoms with van der Waals surface area (Å²) in [5, 5.41) is 3.34. The van der Waals surface area contributed by atoms with Crippen molar-refractivity contribution in [2.24, 2.45) is 5.84 Å². The molecule has 0 aliphatic carbocycles. The lowest BCUT2D eigenvalue weighted by Gasteiger charge is -2.12. The van der Waals surface area contributed by atoms with Crippen LogP contribution in [0.4, 0.5) is 11.6 Å². The number of aryl methyl sites for hydroxylation is 1. The smallest absolute Gasteiger partial charge is 0.148 e. The first-order chi connectivity index (χ1) is 8.22. The van der Waals surface area contributed by atoms with Gasteiger partial charge < -0.3 is 10.7 Å². The van der Waals surface area contributed by atoms with Crippen molar-refractivity contribution in [2.75, 3.05) is 29.3 Å². The molecule has 1 rings (SSSR count). The van der Waals surface area contributed by atoms with Crippen LogP contribution in [0.1, 0.15) is 24.7 Å². The Morgan fingerprint density at radius 3 is 2.59 bits per heavy atom. The molecule has 0 radical (unpaired) electrons. The summed E-state index contributed by atoms with van der Waals surface area (Å²) in [5.74, 6) is 8.98. The molecule has 4 N–H and O–H groups in total. The highest BCUT2D eigenvalue weighted by Crippen LogP contribution is 2.19. The summed E-state index contributed by atoms with van der Waals surface area (Å²) < 4.78 is 0. The van der Waals surface area contributed by atoms with Crippen LogP contribution in [0.5, 0.6) is 0 Å². The van der Waals surface area contributed by atoms with Crippen LogP contribution in [0.25, 0.3) is 0 Å². The summed E-state index contributed by atoms with van der Waals surface area (Å²) in [4.78, 5) is 8.80. The normalized spacial score (nSPS) is 10.4. The minimum atomic E-state index is 0.698. The van der Waals surface area contributed by atoms with Crippen LogP contribution in [-0.2, 0) is 6.42 Å². The van der Waals surface area contributed by atoms with E-state index in [9.17, 15) is 0 Å². The number of hydrogen-bond acceptors (Lipinski definition) is 6. The molecular weight excluding hydrogens is 234 g/mol. The van der Waals surface area contributed by atoms with Crippen LogP contribution < -0.4 is 16.6 Å². The van der Waals surface area contributed by atoms with Crippen LogP contribution in [0, 0.1) is 6.92 Å². The first-order valence-electron chi connectivity index (χ1n) is 5.79. The third-order valence-corrected chi connectivity index (χ3v) is 3.16. The number of nitrogen functional groups attached to an aromatic ring is 1. The standard InChI is InChI=1S/C11H21N5S/c1-4-9-14-10(13-6-5-7-17-3)8(2)11(15-9)16-12/h4-7,12H2,1-3H3,(H2,13,14,15,16). The van der Waals surface area contributed by atoms with Crippen LogP contribution in [0.2, 0.25) is 0 Å². The second-order valence-electron chi connectivity index (χ2n) is 3.73. The van der Waals surface area contributed by atoms with Crippen molar-refractivity contribution < 1.29 is 0 Å². The quantitative estimate of drug-likeness (QED) is 0.392. The molecule has 5 nitrogen and oxygen atoms in total. The van der Waals surface area contributed by atoms with E-state index in [1.165, 1.54) is 0 Å². The lowest BCUT2D eigenvalue weighted by atomic mass is 10.3. The summed E-state index contributed by atoms with van der Waals surface area (Å²) in [7, 11) is 0. The molecule has 0 atom stereocenters. The molecule has 1 aromatic heterocycles. The fourth-order valence-electron chi connectivity index (χ4n) is 1.46. The molecule has 0 saturated heterocycles. The SMILES string of the molecule is CCc1nc(NN)c(C)c(NCCCSC)n1. The summed E-state index contributed by atoms with van der Waals surface area (Å²) in [6.45, 7) is 4.92. The predicted octanol–water partition coefficient (Wildman–Crippen LogP) is 1.80. The summed E-state index contributed by atoms with van der Waals surface area (Å²) in [5.41, 5.74) is 3.58. The third-order valence-electron chi connectivity index (χ3n) is 2.46. The summed E-state index contributed by atoms with van der Waals surface area (Å²) in [6, 6.07) is 0. The molecule has 1 aromatic rings. The first-order valence-corrected chi connectivity index (χ1v) is 7.19. The van der Waals surface area contributed by atoms with Gasteiger partial charge in [0, 0.05) is 18.5 Å². The zero-order chi connectivity index (χ0) is 12.7. The van der Waals surface area contributed by atoms with E-state index >= 15 is 0 Å². The third kappa shape index (κ3) is 4.05. The van der Waals surface area contributed by atoms with E-state index in [0.717, 1.165) is 42.3 Å². The highest BCUT2D eigenvalue weighted by molar-refractivity contribution is 7.98. The van der Waals surface area contributed by atoms with E-state index in [1.54, 1.807) is 0 Å². The number of nitrogens with two attached hydrogens (primary N) is 1. The predicted molar refractivity (Wildman–Crippen MR) is 75.4 cm³/mol. The monoisotopic (exact) mass is 255 g/mol. The van der Waals surface area contributed by atoms with Crippen molar-refractivity contribution in [3.05, 3.63) is 11.4 Å². The van der Waals surface area contributed by atoms with E-state index in [2.05, 4.69) is 27.0 Å². The zero-order valence-corrected chi connectivity index (χ0v) is 11.5. The molecular formula is C11H21N5S. The van der Waals surface area contributed by atoms with Crippen molar-refractivity contribution in [1.82, 2.24) is 9.97 Å². The van der Waals surface area contributed by atoms with Crippen LogP contribution in [0.3, 0.4) is 0 Å². The van der Waals surface area contributed by atoms with Crippen molar-refractivity contribution in [2.45, 2.75) is 26.7 Å². The Morgan fingerprint density at radius 2 is 2.00 bits per heavy atom. The molecule has 96 valence electrons. The maximum Gasteiger partial charge on any atom is 0.148 e. The average Bonchev–Trinajstić information content (AvgIpc) is 2.36. The van der Waals surface area contributed by atoms with Gasteiger partial charge in [-0.1, -0.05) is 6.92 Å². The van der Waals surface area contributed by atoms with Gasteiger partial charge in [0.05, 0.1) is 0 Å². The molecule has 6 heteroatoms. The van der Waals surface area contributed by atoms with Gasteiger partial charge in [0.25, 0.3) is 0 Å². The molecule has 0 fully saturated rings. The Balaban J connectivity index is 2.75. The second kappa shape index (κ2) is 7.34. The lowest BCUT2D eigenvalue weighted by molar-refractivity contribution is 0.910. The van der Waals surface area contributed by atoms with Crippen LogP contribution in [0.15, 0.2) is 0 Å². The van der Waals surface area contributed by atoms with Gasteiger partial charge in [-0.15, -0.1) is 0 Å².